The van der Waals surface area contributed by atoms with E-state index in [9.17, 15) is 4.79 Å². The second-order valence-corrected chi connectivity index (χ2v) is 11.2. The second kappa shape index (κ2) is 12.8. The molecule has 4 aromatic rings. The van der Waals surface area contributed by atoms with Gasteiger partial charge in [0.05, 0.1) is 28.1 Å². The summed E-state index contributed by atoms with van der Waals surface area (Å²) in [6, 6.07) is 13.2. The van der Waals surface area contributed by atoms with Crippen molar-refractivity contribution in [2.24, 2.45) is 0 Å². The monoisotopic (exact) mass is 601 g/mol. The Morgan fingerprint density at radius 2 is 1.95 bits per heavy atom. The molecule has 0 radical (unpaired) electrons. The summed E-state index contributed by atoms with van der Waals surface area (Å²) in [5, 5.41) is 6.71. The van der Waals surface area contributed by atoms with Gasteiger partial charge in [-0.05, 0) is 88.6 Å². The van der Waals surface area contributed by atoms with Crippen LogP contribution in [0, 0.1) is 13.8 Å². The maximum atomic E-state index is 12.4. The van der Waals surface area contributed by atoms with Crippen LogP contribution >= 0.6 is 23.8 Å². The fourth-order valence-corrected chi connectivity index (χ4v) is 4.92. The number of carbonyl (C=O) groups is 1. The van der Waals surface area contributed by atoms with Crippen molar-refractivity contribution in [2.75, 3.05) is 22.1 Å². The Bertz CT molecular complexity index is 1660. The molecule has 2 aliphatic rings. The van der Waals surface area contributed by atoms with E-state index in [1.807, 2.05) is 64.1 Å². The van der Waals surface area contributed by atoms with Crippen LogP contribution in [0.2, 0.25) is 5.02 Å². The molecule has 0 unspecified atom stereocenters. The van der Waals surface area contributed by atoms with Crippen LogP contribution in [-0.2, 0) is 0 Å². The van der Waals surface area contributed by atoms with Gasteiger partial charge in [-0.15, -0.1) is 0 Å². The molecule has 1 amide bonds. The number of allylic oxidation sites excluding steroid dienone is 1. The zero-order valence-corrected chi connectivity index (χ0v) is 25.5. The average Bonchev–Trinajstić information content (AvgIpc) is 3.72. The first-order valence-electron chi connectivity index (χ1n) is 13.6. The van der Waals surface area contributed by atoms with E-state index in [1.54, 1.807) is 30.8 Å². The van der Waals surface area contributed by atoms with Gasteiger partial charge in [-0.3, -0.25) is 4.79 Å². The van der Waals surface area contributed by atoms with Crippen molar-refractivity contribution in [3.63, 3.8) is 0 Å². The lowest BCUT2D eigenvalue weighted by atomic mass is 10.2. The molecular formula is C32H32ClN5O3S. The number of nitrogens with zero attached hydrogens (tertiary/aromatic N) is 3. The molecule has 1 aromatic carbocycles. The van der Waals surface area contributed by atoms with E-state index >= 15 is 0 Å². The number of anilines is 4. The van der Waals surface area contributed by atoms with Gasteiger partial charge in [0.2, 0.25) is 0 Å². The Morgan fingerprint density at radius 3 is 2.67 bits per heavy atom. The van der Waals surface area contributed by atoms with Crippen molar-refractivity contribution in [3.05, 3.63) is 100 Å². The fraction of sp³-hybridized carbons (Fsp3) is 0.250. The molecule has 216 valence electrons. The quantitative estimate of drug-likeness (QED) is 0.169. The number of pyridine rings is 2. The van der Waals surface area contributed by atoms with Crippen LogP contribution < -0.4 is 20.3 Å². The molecule has 4 heterocycles. The summed E-state index contributed by atoms with van der Waals surface area (Å²) in [4.78, 5) is 24.0. The van der Waals surface area contributed by atoms with E-state index in [0.717, 1.165) is 46.9 Å². The predicted molar refractivity (Wildman–Crippen MR) is 171 cm³/mol. The average molecular weight is 602 g/mol. The van der Waals surface area contributed by atoms with Crippen molar-refractivity contribution < 1.29 is 13.9 Å². The predicted octanol–water partition coefficient (Wildman–Crippen LogP) is 8.03. The van der Waals surface area contributed by atoms with E-state index < -0.39 is 0 Å². The van der Waals surface area contributed by atoms with Crippen LogP contribution in [0.15, 0.2) is 77.2 Å². The Balaban J connectivity index is 0.000000168. The van der Waals surface area contributed by atoms with E-state index in [1.165, 1.54) is 5.57 Å². The van der Waals surface area contributed by atoms with Gasteiger partial charge in [0.25, 0.3) is 5.91 Å². The third-order valence-corrected chi connectivity index (χ3v) is 7.43. The van der Waals surface area contributed by atoms with Gasteiger partial charge in [0, 0.05) is 30.2 Å². The van der Waals surface area contributed by atoms with Crippen LogP contribution in [0.1, 0.15) is 53.9 Å². The number of halogens is 1. The molecule has 1 saturated carbocycles. The summed E-state index contributed by atoms with van der Waals surface area (Å²) in [5.74, 6) is 2.80. The highest BCUT2D eigenvalue weighted by atomic mass is 35.5. The van der Waals surface area contributed by atoms with Crippen molar-refractivity contribution >= 4 is 57.7 Å². The Kier molecular flexibility index (Phi) is 8.89. The number of furan rings is 1. The Labute approximate surface area is 255 Å². The van der Waals surface area contributed by atoms with Gasteiger partial charge in [0.15, 0.2) is 5.82 Å². The first-order valence-corrected chi connectivity index (χ1v) is 14.4. The first-order chi connectivity index (χ1) is 20.2. The van der Waals surface area contributed by atoms with Crippen LogP contribution in [-0.4, -0.2) is 33.5 Å². The molecule has 3 aromatic heterocycles. The SMILES string of the molecule is CC(C)=CCOc1cc(NC(=S)c2ccoc2C)ccc1Cl.Cc1ccnc2c1NC(=O)c1cccnc1N2C1CC1. The van der Waals surface area contributed by atoms with Gasteiger partial charge in [-0.25, -0.2) is 9.97 Å². The summed E-state index contributed by atoms with van der Waals surface area (Å²) < 4.78 is 10.9. The molecule has 1 aliphatic carbocycles. The highest BCUT2D eigenvalue weighted by Gasteiger charge is 2.37. The topological polar surface area (TPSA) is 92.5 Å². The molecule has 10 heteroatoms. The van der Waals surface area contributed by atoms with Crippen LogP contribution in [0.25, 0.3) is 0 Å². The van der Waals surface area contributed by atoms with Gasteiger partial charge < -0.3 is 24.7 Å². The van der Waals surface area contributed by atoms with Crippen molar-refractivity contribution in [2.45, 2.75) is 46.6 Å². The van der Waals surface area contributed by atoms with Gasteiger partial charge >= 0.3 is 0 Å². The highest BCUT2D eigenvalue weighted by Crippen LogP contribution is 2.43. The van der Waals surface area contributed by atoms with E-state index in [4.69, 9.17) is 33.0 Å². The third kappa shape index (κ3) is 6.64. The number of aryl methyl sites for hydroxylation is 2. The molecule has 2 N–H and O–H groups in total. The van der Waals surface area contributed by atoms with E-state index in [2.05, 4.69) is 25.5 Å². The van der Waals surface area contributed by atoms with E-state index in [-0.39, 0.29) is 5.91 Å². The zero-order valence-electron chi connectivity index (χ0n) is 23.9. The lowest BCUT2D eigenvalue weighted by Crippen LogP contribution is -2.22. The normalized spacial score (nSPS) is 13.5. The van der Waals surface area contributed by atoms with Crippen LogP contribution in [0.4, 0.5) is 23.0 Å². The number of thiocarbonyl (C=S) groups is 1. The molecule has 0 spiro atoms. The fourth-order valence-electron chi connectivity index (χ4n) is 4.42. The number of carbonyl (C=O) groups excluding carboxylic acids is 1. The maximum Gasteiger partial charge on any atom is 0.259 e. The number of amides is 1. The minimum Gasteiger partial charge on any atom is -0.488 e. The van der Waals surface area contributed by atoms with Crippen molar-refractivity contribution in [1.82, 2.24) is 9.97 Å². The number of nitrogens with one attached hydrogen (secondary N) is 2. The number of rotatable bonds is 6. The summed E-state index contributed by atoms with van der Waals surface area (Å²) in [7, 11) is 0. The number of hydrogen-bond donors (Lipinski definition) is 2. The lowest BCUT2D eigenvalue weighted by Gasteiger charge is -2.23. The molecule has 0 saturated heterocycles. The number of ether oxygens (including phenoxy) is 1. The Hall–Kier alpha value is -4.21. The lowest BCUT2D eigenvalue weighted by molar-refractivity contribution is 0.102. The van der Waals surface area contributed by atoms with E-state index in [0.29, 0.717) is 39.8 Å². The number of hydrogen-bond acceptors (Lipinski definition) is 7. The number of fused-ring (bicyclic) bond motifs is 2. The van der Waals surface area contributed by atoms with Crippen molar-refractivity contribution in [3.8, 4) is 5.75 Å². The molecule has 6 rings (SSSR count). The molecule has 1 fully saturated rings. The molecule has 0 bridgehead atoms. The molecule has 0 atom stereocenters. The van der Waals surface area contributed by atoms with Crippen LogP contribution in [0.5, 0.6) is 5.75 Å². The molecular weight excluding hydrogens is 570 g/mol. The standard InChI is InChI=1S/C17H18ClNO2S.C15H14N4O/c1-11(2)6-8-21-16-10-13(4-5-15(16)18)19-17(22)14-7-9-20-12(14)3;1-9-6-8-17-14-12(9)18-15(20)11-3-2-7-16-13(11)19(14)10-4-5-10/h4-7,9-10H,8H2,1-3H3,(H,19,22);2-3,6-8,10H,4-5H2,1H3,(H,18,20). The smallest absolute Gasteiger partial charge is 0.259 e. The number of aromatic nitrogens is 2. The van der Waals surface area contributed by atoms with Gasteiger partial charge in [-0.2, -0.15) is 0 Å². The summed E-state index contributed by atoms with van der Waals surface area (Å²) >= 11 is 11.5. The molecule has 1 aliphatic heterocycles. The Morgan fingerprint density at radius 1 is 1.17 bits per heavy atom. The minimum atomic E-state index is -0.117. The maximum absolute atomic E-state index is 12.4. The highest BCUT2D eigenvalue weighted by molar-refractivity contribution is 7.81. The van der Waals surface area contributed by atoms with Gasteiger partial charge in [0.1, 0.15) is 28.9 Å². The minimum absolute atomic E-state index is 0.117. The summed E-state index contributed by atoms with van der Waals surface area (Å²) in [6.07, 6.45) is 9.34. The number of benzene rings is 1. The largest absolute Gasteiger partial charge is 0.488 e. The molecule has 42 heavy (non-hydrogen) atoms. The summed E-state index contributed by atoms with van der Waals surface area (Å²) in [6.45, 7) is 8.38. The first kappa shape index (κ1) is 29.3. The summed E-state index contributed by atoms with van der Waals surface area (Å²) in [5.41, 5.74) is 5.31. The zero-order chi connectivity index (χ0) is 29.8. The van der Waals surface area contributed by atoms with Crippen molar-refractivity contribution in [1.29, 1.82) is 0 Å². The third-order valence-electron chi connectivity index (χ3n) is 6.80. The van der Waals surface area contributed by atoms with Crippen LogP contribution in [0.3, 0.4) is 0 Å². The second-order valence-electron chi connectivity index (χ2n) is 10.3. The molecule has 8 nitrogen and oxygen atoms in total. The van der Waals surface area contributed by atoms with Gasteiger partial charge in [-0.1, -0.05) is 29.4 Å².